The first-order valence-corrected chi connectivity index (χ1v) is 11.5. The predicted octanol–water partition coefficient (Wildman–Crippen LogP) is 4.93. The number of carbonyl (C=O) groups is 1. The molecule has 1 saturated carbocycles. The van der Waals surface area contributed by atoms with Crippen LogP contribution in [0.5, 0.6) is 11.6 Å². The van der Waals surface area contributed by atoms with Gasteiger partial charge in [-0.15, -0.1) is 0 Å². The van der Waals surface area contributed by atoms with Gasteiger partial charge in [0.2, 0.25) is 0 Å². The summed E-state index contributed by atoms with van der Waals surface area (Å²) in [5, 5.41) is 1.81. The summed E-state index contributed by atoms with van der Waals surface area (Å²) in [6.07, 6.45) is -4.93. The Morgan fingerprint density at radius 2 is 1.89 bits per heavy atom. The first-order valence-electron chi connectivity index (χ1n) is 11.5. The molecule has 0 aliphatic heterocycles. The van der Waals surface area contributed by atoms with Crippen LogP contribution in [0.4, 0.5) is 31.1 Å². The Balaban J connectivity index is 1.78. The summed E-state index contributed by atoms with van der Waals surface area (Å²) in [5.41, 5.74) is -2.60. The van der Waals surface area contributed by atoms with Crippen molar-refractivity contribution in [1.82, 2.24) is 29.6 Å². The molecule has 0 bridgehead atoms. The third-order valence-electron chi connectivity index (χ3n) is 6.52. The van der Waals surface area contributed by atoms with Gasteiger partial charge in [0.1, 0.15) is 11.3 Å². The van der Waals surface area contributed by atoms with Crippen molar-refractivity contribution in [1.29, 1.82) is 0 Å². The van der Waals surface area contributed by atoms with Gasteiger partial charge in [-0.25, -0.2) is 14.8 Å². The molecule has 3 aromatic heterocycles. The monoisotopic (exact) mass is 546 g/mol. The molecule has 0 spiro atoms. The van der Waals surface area contributed by atoms with Crippen molar-refractivity contribution >= 4 is 11.7 Å². The molecule has 9 nitrogen and oxygen atoms in total. The molecular formula is C23H24F6N6O3. The average molecular weight is 546 g/mol. The molecule has 0 saturated heterocycles. The zero-order chi connectivity index (χ0) is 27.9. The van der Waals surface area contributed by atoms with Gasteiger partial charge in [-0.3, -0.25) is 4.98 Å². The van der Waals surface area contributed by atoms with E-state index in [0.29, 0.717) is 5.65 Å². The van der Waals surface area contributed by atoms with E-state index in [4.69, 9.17) is 9.47 Å². The van der Waals surface area contributed by atoms with E-state index in [1.807, 2.05) is 5.32 Å². The zero-order valence-electron chi connectivity index (χ0n) is 20.5. The lowest BCUT2D eigenvalue weighted by molar-refractivity contribution is -0.216. The maximum atomic E-state index is 14.4. The minimum atomic E-state index is -5.07. The molecule has 3 aromatic rings. The van der Waals surface area contributed by atoms with E-state index < -0.39 is 55.0 Å². The van der Waals surface area contributed by atoms with Crippen molar-refractivity contribution < 1.29 is 40.6 Å². The summed E-state index contributed by atoms with van der Waals surface area (Å²) in [6.45, 7) is 0.698. The number of alkyl halides is 6. The van der Waals surface area contributed by atoms with Crippen LogP contribution in [-0.4, -0.2) is 68.9 Å². The lowest BCUT2D eigenvalue weighted by Crippen LogP contribution is -2.65. The maximum Gasteiger partial charge on any atom is 0.414 e. The number of amides is 2. The van der Waals surface area contributed by atoms with Gasteiger partial charge in [0.05, 0.1) is 31.8 Å². The van der Waals surface area contributed by atoms with Gasteiger partial charge < -0.3 is 24.1 Å². The second-order valence-electron chi connectivity index (χ2n) is 8.70. The van der Waals surface area contributed by atoms with Crippen molar-refractivity contribution in [3.63, 3.8) is 0 Å². The number of hydrogen-bond donors (Lipinski definition) is 1. The molecule has 1 N–H and O–H groups in total. The molecule has 1 atom stereocenters. The molecule has 2 amide bonds. The van der Waals surface area contributed by atoms with Crippen molar-refractivity contribution in [3.8, 4) is 22.9 Å². The third-order valence-corrected chi connectivity index (χ3v) is 6.52. The molecule has 1 aliphatic carbocycles. The quantitative estimate of drug-likeness (QED) is 0.423. The molecule has 1 fully saturated rings. The Morgan fingerprint density at radius 3 is 2.42 bits per heavy atom. The van der Waals surface area contributed by atoms with E-state index in [2.05, 4.69) is 15.0 Å². The normalized spacial score (nSPS) is 16.0. The fraction of sp³-hybridized carbons (Fsp3) is 0.478. The second-order valence-corrected chi connectivity index (χ2v) is 8.70. The maximum absolute atomic E-state index is 14.4. The van der Waals surface area contributed by atoms with E-state index in [9.17, 15) is 31.1 Å². The summed E-state index contributed by atoms with van der Waals surface area (Å²) < 4.78 is 96.1. The number of ether oxygens (including phenoxy) is 2. The molecule has 0 aromatic carbocycles. The largest absolute Gasteiger partial charge is 0.494 e. The third kappa shape index (κ3) is 4.76. The van der Waals surface area contributed by atoms with Gasteiger partial charge in [-0.05, 0) is 32.3 Å². The van der Waals surface area contributed by atoms with Gasteiger partial charge >= 0.3 is 18.4 Å². The number of methoxy groups -OCH3 is 2. The van der Waals surface area contributed by atoms with Crippen LogP contribution in [0.2, 0.25) is 0 Å². The van der Waals surface area contributed by atoms with Gasteiger partial charge in [-0.2, -0.15) is 26.3 Å². The van der Waals surface area contributed by atoms with Crippen LogP contribution in [0.3, 0.4) is 0 Å². The highest BCUT2D eigenvalue weighted by Gasteiger charge is 2.60. The van der Waals surface area contributed by atoms with E-state index in [0.717, 1.165) is 12.3 Å². The van der Waals surface area contributed by atoms with Crippen LogP contribution in [0.1, 0.15) is 37.9 Å². The molecule has 3 heterocycles. The lowest BCUT2D eigenvalue weighted by Gasteiger charge is -2.45. The molecule has 15 heteroatoms. The molecule has 4 rings (SSSR count). The number of nitrogens with zero attached hydrogens (tertiary/aromatic N) is 5. The number of nitrogens with one attached hydrogen (secondary N) is 1. The van der Waals surface area contributed by atoms with Gasteiger partial charge in [0.25, 0.3) is 5.88 Å². The first-order chi connectivity index (χ1) is 17.8. The second kappa shape index (κ2) is 9.83. The lowest BCUT2D eigenvalue weighted by atomic mass is 9.76. The highest BCUT2D eigenvalue weighted by Crippen LogP contribution is 2.46. The Kier molecular flexibility index (Phi) is 7.05. The number of carbonyl (C=O) groups excluding carboxylic acids is 1. The minimum absolute atomic E-state index is 0.0710. The van der Waals surface area contributed by atoms with E-state index in [-0.39, 0.29) is 34.2 Å². The van der Waals surface area contributed by atoms with Gasteiger partial charge in [-0.1, -0.05) is 0 Å². The standard InChI is InChI=1S/C23H24F6N6O3/c1-4-35(20(36)33-21(6-5-7-21)23(27,28)29)17(22(24,25)26)14-10-13(16(37-2)11-31-14)15-12-34-9-8-30-18(34)19(32-15)38-3/h8-12,17H,4-7H2,1-3H3,(H,33,36)/t17-/m0/s1. The number of pyridine rings is 1. The van der Waals surface area contributed by atoms with Crippen LogP contribution in [0.15, 0.2) is 30.9 Å². The van der Waals surface area contributed by atoms with Crippen molar-refractivity contribution in [2.45, 2.75) is 50.1 Å². The average Bonchev–Trinajstić information content (AvgIpc) is 3.30. The fourth-order valence-electron chi connectivity index (χ4n) is 4.37. The zero-order valence-corrected chi connectivity index (χ0v) is 20.5. The predicted molar refractivity (Wildman–Crippen MR) is 122 cm³/mol. The fourth-order valence-corrected chi connectivity index (χ4v) is 4.37. The smallest absolute Gasteiger partial charge is 0.414 e. The Labute approximate surface area is 212 Å². The highest BCUT2D eigenvalue weighted by atomic mass is 19.4. The number of halogens is 6. The van der Waals surface area contributed by atoms with Crippen LogP contribution in [0.25, 0.3) is 16.9 Å². The number of urea groups is 1. The molecule has 38 heavy (non-hydrogen) atoms. The van der Waals surface area contributed by atoms with E-state index in [1.165, 1.54) is 33.5 Å². The molecular weight excluding hydrogens is 522 g/mol. The van der Waals surface area contributed by atoms with Crippen LogP contribution >= 0.6 is 0 Å². The molecule has 0 radical (unpaired) electrons. The summed E-state index contributed by atoms with van der Waals surface area (Å²) in [6, 6.07) is -3.10. The van der Waals surface area contributed by atoms with Crippen molar-refractivity contribution in [3.05, 3.63) is 36.5 Å². The van der Waals surface area contributed by atoms with Crippen LogP contribution in [0, 0.1) is 0 Å². The van der Waals surface area contributed by atoms with E-state index in [1.54, 1.807) is 10.6 Å². The Bertz CT molecular complexity index is 1320. The minimum Gasteiger partial charge on any atom is -0.494 e. The summed E-state index contributed by atoms with van der Waals surface area (Å²) >= 11 is 0. The van der Waals surface area contributed by atoms with Crippen molar-refractivity contribution in [2.24, 2.45) is 0 Å². The van der Waals surface area contributed by atoms with E-state index >= 15 is 0 Å². The van der Waals surface area contributed by atoms with Crippen LogP contribution < -0.4 is 14.8 Å². The number of fused-ring (bicyclic) bond motifs is 1. The number of aromatic nitrogens is 4. The Morgan fingerprint density at radius 1 is 1.18 bits per heavy atom. The summed E-state index contributed by atoms with van der Waals surface area (Å²) in [5.74, 6) is 0.162. The highest BCUT2D eigenvalue weighted by molar-refractivity contribution is 5.76. The molecule has 0 unspecified atom stereocenters. The number of imidazole rings is 1. The summed E-state index contributed by atoms with van der Waals surface area (Å²) in [7, 11) is 2.64. The number of rotatable bonds is 7. The molecule has 1 aliphatic rings. The SMILES string of the molecule is CCN(C(=O)NC1(C(F)(F)F)CCC1)[C@@H](c1cc(-c2cn3ccnc3c(OC)n2)c(OC)cn1)C(F)(F)F. The Hall–Kier alpha value is -3.78. The summed E-state index contributed by atoms with van der Waals surface area (Å²) in [4.78, 5) is 25.5. The van der Waals surface area contributed by atoms with Gasteiger partial charge in [0, 0.05) is 30.7 Å². The topological polar surface area (TPSA) is 93.9 Å². The van der Waals surface area contributed by atoms with Gasteiger partial charge in [0.15, 0.2) is 11.7 Å². The molecule has 206 valence electrons. The van der Waals surface area contributed by atoms with Crippen molar-refractivity contribution in [2.75, 3.05) is 20.8 Å². The van der Waals surface area contributed by atoms with Crippen LogP contribution in [-0.2, 0) is 0 Å². The number of hydrogen-bond acceptors (Lipinski definition) is 6. The first kappa shape index (κ1) is 27.3.